The highest BCUT2D eigenvalue weighted by Crippen LogP contribution is 2.33. The van der Waals surface area contributed by atoms with Crippen LogP contribution in [0.15, 0.2) is 108 Å². The van der Waals surface area contributed by atoms with Gasteiger partial charge >= 0.3 is 5.97 Å². The summed E-state index contributed by atoms with van der Waals surface area (Å²) in [5, 5.41) is 14.1. The van der Waals surface area contributed by atoms with Gasteiger partial charge in [-0.15, -0.1) is 0 Å². The number of methoxy groups -OCH3 is 2. The van der Waals surface area contributed by atoms with E-state index in [1.165, 1.54) is 6.07 Å². The Hall–Kier alpha value is -5.19. The van der Waals surface area contributed by atoms with E-state index in [1.807, 2.05) is 48.5 Å². The van der Waals surface area contributed by atoms with E-state index in [9.17, 15) is 14.7 Å². The summed E-state index contributed by atoms with van der Waals surface area (Å²) < 4.78 is 26.8. The number of ether oxygens (including phenoxy) is 4. The van der Waals surface area contributed by atoms with Crippen LogP contribution in [-0.2, 0) is 0 Å². The van der Waals surface area contributed by atoms with E-state index >= 15 is 0 Å². The number of nitrogens with one attached hydrogen (secondary N) is 2. The Kier molecular flexibility index (Phi) is 10.3. The number of fused-ring (bicyclic) bond motifs is 1. The maximum atomic E-state index is 12.7. The number of benzene rings is 5. The molecular weight excluding hydrogens is 628 g/mol. The van der Waals surface area contributed by atoms with Crippen molar-refractivity contribution in [2.24, 2.45) is 0 Å². The van der Waals surface area contributed by atoms with E-state index in [4.69, 9.17) is 18.9 Å². The lowest BCUT2D eigenvalue weighted by Crippen LogP contribution is -2.33. The van der Waals surface area contributed by atoms with Crippen LogP contribution >= 0.6 is 11.9 Å². The smallest absolute Gasteiger partial charge is 0.337 e. The van der Waals surface area contributed by atoms with Gasteiger partial charge in [-0.3, -0.25) is 9.52 Å². The van der Waals surface area contributed by atoms with Crippen LogP contribution in [0.4, 0.5) is 5.69 Å². The largest absolute Gasteiger partial charge is 0.493 e. The molecule has 0 atom stereocenters. The molecule has 246 valence electrons. The van der Waals surface area contributed by atoms with Gasteiger partial charge in [-0.25, -0.2) is 4.79 Å². The summed E-state index contributed by atoms with van der Waals surface area (Å²) in [6.07, 6.45) is 4.19. The lowest BCUT2D eigenvalue weighted by Gasteiger charge is -2.29. The molecule has 1 aliphatic carbocycles. The number of hydrogen-bond donors (Lipinski definition) is 3. The van der Waals surface area contributed by atoms with Crippen LogP contribution in [-0.4, -0.2) is 43.3 Å². The van der Waals surface area contributed by atoms with Gasteiger partial charge in [0.2, 0.25) is 0 Å². The number of carbonyl (C=O) groups excluding carboxylic acids is 1. The number of anilines is 1. The molecular formula is C38H36N2O7S. The van der Waals surface area contributed by atoms with Crippen molar-refractivity contribution in [3.8, 4) is 28.7 Å². The van der Waals surface area contributed by atoms with E-state index < -0.39 is 11.9 Å². The normalized spacial score (nSPS) is 15.8. The lowest BCUT2D eigenvalue weighted by molar-refractivity contribution is 0.0698. The molecule has 10 heteroatoms. The molecule has 0 unspecified atom stereocenters. The Morgan fingerprint density at radius 3 is 2.10 bits per heavy atom. The number of carboxylic acid groups (broad SMARTS) is 1. The number of amides is 1. The molecule has 1 amide bonds. The summed E-state index contributed by atoms with van der Waals surface area (Å²) >= 11 is 1.62. The van der Waals surface area contributed by atoms with Crippen molar-refractivity contribution in [1.82, 2.24) is 4.72 Å². The van der Waals surface area contributed by atoms with Crippen molar-refractivity contribution in [3.63, 3.8) is 0 Å². The third-order valence-electron chi connectivity index (χ3n) is 8.22. The molecule has 0 spiro atoms. The van der Waals surface area contributed by atoms with Gasteiger partial charge in [0, 0.05) is 16.5 Å². The molecule has 1 fully saturated rings. The molecule has 1 saturated carbocycles. The number of carbonyl (C=O) groups is 2. The first-order valence-electron chi connectivity index (χ1n) is 15.6. The van der Waals surface area contributed by atoms with Crippen LogP contribution in [0.1, 0.15) is 46.4 Å². The third kappa shape index (κ3) is 8.02. The number of carboxylic acids is 1. The molecule has 5 aromatic carbocycles. The molecule has 0 aromatic heterocycles. The number of aromatic carboxylic acids is 1. The minimum atomic E-state index is -1.11. The summed E-state index contributed by atoms with van der Waals surface area (Å²) in [4.78, 5) is 25.2. The van der Waals surface area contributed by atoms with Crippen molar-refractivity contribution >= 4 is 40.3 Å². The van der Waals surface area contributed by atoms with Crippen LogP contribution in [0.25, 0.3) is 10.8 Å². The zero-order valence-corrected chi connectivity index (χ0v) is 27.4. The Morgan fingerprint density at radius 2 is 1.40 bits per heavy atom. The van der Waals surface area contributed by atoms with Gasteiger partial charge < -0.3 is 29.4 Å². The molecule has 48 heavy (non-hydrogen) atoms. The molecule has 3 N–H and O–H groups in total. The van der Waals surface area contributed by atoms with E-state index in [0.717, 1.165) is 58.6 Å². The first kappa shape index (κ1) is 32.7. The average Bonchev–Trinajstić information content (AvgIpc) is 3.11. The number of rotatable bonds is 12. The monoisotopic (exact) mass is 664 g/mol. The molecule has 0 heterocycles. The zero-order chi connectivity index (χ0) is 33.5. The van der Waals surface area contributed by atoms with Crippen molar-refractivity contribution in [3.05, 3.63) is 114 Å². The summed E-state index contributed by atoms with van der Waals surface area (Å²) in [5.41, 5.74) is 0.647. The molecule has 6 rings (SSSR count). The SMILES string of the molecule is COc1ccc(SNC2CCC(Oc3ccc4cc(Oc5ccc(C(=O)Nc6ccccc6C(=O)O)cc5)ccc4c3)CC2)cc1OC. The number of hydrogen-bond acceptors (Lipinski definition) is 8. The summed E-state index contributed by atoms with van der Waals surface area (Å²) in [5.74, 6) is 2.02. The van der Waals surface area contributed by atoms with Gasteiger partial charge in [-0.2, -0.15) is 0 Å². The van der Waals surface area contributed by atoms with Gasteiger partial charge in [-0.1, -0.05) is 24.3 Å². The lowest BCUT2D eigenvalue weighted by atomic mass is 9.93. The fraction of sp³-hybridized carbons (Fsp3) is 0.211. The molecule has 5 aromatic rings. The maximum Gasteiger partial charge on any atom is 0.337 e. The summed E-state index contributed by atoms with van der Waals surface area (Å²) in [7, 11) is 3.28. The van der Waals surface area contributed by atoms with Crippen LogP contribution in [0.2, 0.25) is 0 Å². The van der Waals surface area contributed by atoms with Crippen molar-refractivity contribution in [2.45, 2.75) is 42.7 Å². The van der Waals surface area contributed by atoms with Crippen molar-refractivity contribution < 1.29 is 33.6 Å². The van der Waals surface area contributed by atoms with Crippen molar-refractivity contribution in [1.29, 1.82) is 0 Å². The van der Waals surface area contributed by atoms with Gasteiger partial charge in [-0.05, 0) is 127 Å². The van der Waals surface area contributed by atoms with E-state index in [0.29, 0.717) is 23.1 Å². The van der Waals surface area contributed by atoms with Gasteiger partial charge in [0.15, 0.2) is 11.5 Å². The zero-order valence-electron chi connectivity index (χ0n) is 26.6. The van der Waals surface area contributed by atoms with Gasteiger partial charge in [0.1, 0.15) is 17.2 Å². The average molecular weight is 665 g/mol. The first-order chi connectivity index (χ1) is 23.4. The van der Waals surface area contributed by atoms with Gasteiger partial charge in [0.25, 0.3) is 5.91 Å². The molecule has 0 bridgehead atoms. The third-order valence-corrected chi connectivity index (χ3v) is 9.16. The second-order valence-electron chi connectivity index (χ2n) is 11.4. The Morgan fingerprint density at radius 1 is 0.729 bits per heavy atom. The molecule has 0 radical (unpaired) electrons. The predicted octanol–water partition coefficient (Wildman–Crippen LogP) is 8.59. The second kappa shape index (κ2) is 15.1. The Bertz CT molecular complexity index is 1910. The molecule has 1 aliphatic rings. The van der Waals surface area contributed by atoms with Crippen LogP contribution in [0, 0.1) is 0 Å². The number of para-hydroxylation sites is 1. The summed E-state index contributed by atoms with van der Waals surface area (Å²) in [6, 6.07) is 31.3. The van der Waals surface area contributed by atoms with Crippen LogP contribution in [0.3, 0.4) is 0 Å². The standard InChI is InChI=1S/C38H36N2O7S/c1-44-35-20-19-32(23-36(35)45-2)48-40-27-11-17-29(18-12-27)47-31-16-10-25-21-30(15-9-26(25)22-31)46-28-13-7-24(8-14-28)37(41)39-34-6-4-3-5-33(34)38(42)43/h3-10,13-16,19-23,27,29,40H,11-12,17-18H2,1-2H3,(H,39,41)(H,42,43). The highest BCUT2D eigenvalue weighted by atomic mass is 32.2. The van der Waals surface area contributed by atoms with E-state index in [1.54, 1.807) is 68.6 Å². The van der Waals surface area contributed by atoms with Gasteiger partial charge in [0.05, 0.1) is 31.6 Å². The Labute approximate surface area is 283 Å². The predicted molar refractivity (Wildman–Crippen MR) is 187 cm³/mol. The van der Waals surface area contributed by atoms with Crippen LogP contribution < -0.4 is 29.0 Å². The highest BCUT2D eigenvalue weighted by molar-refractivity contribution is 7.97. The Balaban J connectivity index is 0.993. The van der Waals surface area contributed by atoms with E-state index in [2.05, 4.69) is 16.1 Å². The fourth-order valence-electron chi connectivity index (χ4n) is 5.64. The minimum Gasteiger partial charge on any atom is -0.493 e. The van der Waals surface area contributed by atoms with Crippen LogP contribution in [0.5, 0.6) is 28.7 Å². The highest BCUT2D eigenvalue weighted by Gasteiger charge is 2.23. The van der Waals surface area contributed by atoms with E-state index in [-0.39, 0.29) is 17.4 Å². The first-order valence-corrected chi connectivity index (χ1v) is 16.5. The topological polar surface area (TPSA) is 115 Å². The summed E-state index contributed by atoms with van der Waals surface area (Å²) in [6.45, 7) is 0. The minimum absolute atomic E-state index is 0.0272. The molecule has 0 aliphatic heterocycles. The maximum absolute atomic E-state index is 12.7. The van der Waals surface area contributed by atoms with Crippen molar-refractivity contribution in [2.75, 3.05) is 19.5 Å². The quantitative estimate of drug-likeness (QED) is 0.113. The second-order valence-corrected chi connectivity index (χ2v) is 12.3. The molecule has 0 saturated heterocycles. The molecule has 9 nitrogen and oxygen atoms in total. The fourth-order valence-corrected chi connectivity index (χ4v) is 6.49.